The van der Waals surface area contributed by atoms with Gasteiger partial charge in [0.05, 0.1) is 0 Å². The van der Waals surface area contributed by atoms with Crippen molar-refractivity contribution in [2.45, 2.75) is 26.3 Å². The molecule has 0 amide bonds. The molecule has 0 spiro atoms. The first-order chi connectivity index (χ1) is 8.97. The predicted molar refractivity (Wildman–Crippen MR) is 83.0 cm³/mol. The number of benzene rings is 2. The van der Waals surface area contributed by atoms with Crippen LogP contribution in [0.5, 0.6) is 0 Å². The number of hydrogen-bond donors (Lipinski definition) is 1. The highest BCUT2D eigenvalue weighted by Crippen LogP contribution is 2.25. The van der Waals surface area contributed by atoms with Gasteiger partial charge in [-0.3, -0.25) is 0 Å². The summed E-state index contributed by atoms with van der Waals surface area (Å²) in [7, 11) is 0. The summed E-state index contributed by atoms with van der Waals surface area (Å²) in [6, 6.07) is 11.9. The van der Waals surface area contributed by atoms with Gasteiger partial charge < -0.3 is 5.73 Å². The molecule has 0 aromatic heterocycles. The zero-order chi connectivity index (χ0) is 14.0. The molecule has 2 aromatic carbocycles. The Labute approximate surface area is 124 Å². The fourth-order valence-electron chi connectivity index (χ4n) is 2.01. The Morgan fingerprint density at radius 1 is 1.00 bits per heavy atom. The van der Waals surface area contributed by atoms with Gasteiger partial charge in [-0.1, -0.05) is 47.5 Å². The molecule has 1 unspecified atom stereocenters. The summed E-state index contributed by atoms with van der Waals surface area (Å²) >= 11 is 12.4. The van der Waals surface area contributed by atoms with Gasteiger partial charge in [0.2, 0.25) is 0 Å². The van der Waals surface area contributed by atoms with Gasteiger partial charge in [-0.25, -0.2) is 0 Å². The zero-order valence-electron chi connectivity index (χ0n) is 11.1. The lowest BCUT2D eigenvalue weighted by Gasteiger charge is -2.14. The molecule has 0 bridgehead atoms. The van der Waals surface area contributed by atoms with Crippen molar-refractivity contribution in [2.24, 2.45) is 5.73 Å². The Kier molecular flexibility index (Phi) is 4.51. The number of halogens is 2. The second kappa shape index (κ2) is 5.96. The van der Waals surface area contributed by atoms with Crippen LogP contribution in [0.2, 0.25) is 10.0 Å². The summed E-state index contributed by atoms with van der Waals surface area (Å²) in [5.74, 6) is 0. The lowest BCUT2D eigenvalue weighted by atomic mass is 9.98. The second-order valence-electron chi connectivity index (χ2n) is 4.91. The van der Waals surface area contributed by atoms with Gasteiger partial charge in [-0.2, -0.15) is 0 Å². The third-order valence-electron chi connectivity index (χ3n) is 3.27. The van der Waals surface area contributed by atoms with Crippen LogP contribution >= 0.6 is 23.2 Å². The van der Waals surface area contributed by atoms with E-state index < -0.39 is 0 Å². The molecule has 2 aromatic rings. The van der Waals surface area contributed by atoms with E-state index in [2.05, 4.69) is 6.07 Å². The summed E-state index contributed by atoms with van der Waals surface area (Å²) in [5, 5.41) is 1.52. The van der Waals surface area contributed by atoms with Crippen LogP contribution in [0.4, 0.5) is 0 Å². The first-order valence-corrected chi connectivity index (χ1v) is 6.99. The van der Waals surface area contributed by atoms with Crippen LogP contribution in [0.1, 0.15) is 28.3 Å². The van der Waals surface area contributed by atoms with Crippen molar-refractivity contribution in [1.82, 2.24) is 0 Å². The average molecular weight is 294 g/mol. The van der Waals surface area contributed by atoms with Crippen molar-refractivity contribution in [3.8, 4) is 0 Å². The lowest BCUT2D eigenvalue weighted by Crippen LogP contribution is -2.13. The van der Waals surface area contributed by atoms with E-state index in [1.807, 2.05) is 44.2 Å². The fraction of sp³-hybridized carbons (Fsp3) is 0.250. The molecule has 2 N–H and O–H groups in total. The molecule has 0 aliphatic rings. The molecule has 19 heavy (non-hydrogen) atoms. The quantitative estimate of drug-likeness (QED) is 0.860. The van der Waals surface area contributed by atoms with E-state index in [1.54, 1.807) is 0 Å². The molecule has 2 rings (SSSR count). The summed E-state index contributed by atoms with van der Waals surface area (Å²) in [6.45, 7) is 4.00. The monoisotopic (exact) mass is 293 g/mol. The van der Waals surface area contributed by atoms with Crippen LogP contribution in [0.15, 0.2) is 36.4 Å². The first-order valence-electron chi connectivity index (χ1n) is 6.24. The molecule has 0 aliphatic heterocycles. The maximum Gasteiger partial charge on any atom is 0.0441 e. The minimum atomic E-state index is -0.0988. The predicted octanol–water partition coefficient (Wildman–Crippen LogP) is 4.85. The van der Waals surface area contributed by atoms with E-state index in [0.29, 0.717) is 6.42 Å². The van der Waals surface area contributed by atoms with E-state index in [4.69, 9.17) is 28.9 Å². The molecule has 0 saturated heterocycles. The minimum Gasteiger partial charge on any atom is -0.324 e. The van der Waals surface area contributed by atoms with Gasteiger partial charge in [0.15, 0.2) is 0 Å². The van der Waals surface area contributed by atoms with E-state index in [9.17, 15) is 0 Å². The van der Waals surface area contributed by atoms with Gasteiger partial charge in [0.1, 0.15) is 0 Å². The van der Waals surface area contributed by atoms with Crippen LogP contribution in [-0.2, 0) is 6.42 Å². The summed E-state index contributed by atoms with van der Waals surface area (Å²) in [5.41, 5.74) is 10.6. The normalized spacial score (nSPS) is 12.5. The number of rotatable bonds is 3. The number of hydrogen-bond acceptors (Lipinski definition) is 1. The van der Waals surface area contributed by atoms with Gasteiger partial charge in [-0.15, -0.1) is 0 Å². The summed E-state index contributed by atoms with van der Waals surface area (Å²) < 4.78 is 0. The van der Waals surface area contributed by atoms with Crippen molar-refractivity contribution in [2.75, 3.05) is 0 Å². The van der Waals surface area contributed by atoms with Gasteiger partial charge in [0, 0.05) is 16.1 Å². The average Bonchev–Trinajstić information content (AvgIpc) is 2.36. The molecule has 1 atom stereocenters. The lowest BCUT2D eigenvalue weighted by molar-refractivity contribution is 0.722. The van der Waals surface area contributed by atoms with Crippen LogP contribution in [0.25, 0.3) is 0 Å². The molecule has 0 saturated carbocycles. The maximum absolute atomic E-state index is 6.24. The van der Waals surface area contributed by atoms with Crippen molar-refractivity contribution in [1.29, 1.82) is 0 Å². The topological polar surface area (TPSA) is 26.0 Å². The maximum atomic E-state index is 6.24. The molecule has 0 fully saturated rings. The van der Waals surface area contributed by atoms with Crippen LogP contribution in [0.3, 0.4) is 0 Å². The van der Waals surface area contributed by atoms with Gasteiger partial charge in [-0.05, 0) is 54.7 Å². The Balaban J connectivity index is 2.20. The highest BCUT2D eigenvalue weighted by molar-refractivity contribution is 6.31. The Morgan fingerprint density at radius 3 is 2.37 bits per heavy atom. The first kappa shape index (κ1) is 14.4. The Hall–Kier alpha value is -1.02. The van der Waals surface area contributed by atoms with Crippen LogP contribution in [-0.4, -0.2) is 0 Å². The smallest absolute Gasteiger partial charge is 0.0441 e. The number of aryl methyl sites for hydroxylation is 2. The Morgan fingerprint density at radius 2 is 1.74 bits per heavy atom. The standard InChI is InChI=1S/C16H17Cl2N/c1-10-3-5-12(15(18)7-10)9-16(19)13-6-4-11(2)14(17)8-13/h3-8,16H,9,19H2,1-2H3. The highest BCUT2D eigenvalue weighted by Gasteiger charge is 2.11. The molecule has 0 radical (unpaired) electrons. The van der Waals surface area contributed by atoms with E-state index >= 15 is 0 Å². The summed E-state index contributed by atoms with van der Waals surface area (Å²) in [6.07, 6.45) is 0.707. The molecule has 0 aliphatic carbocycles. The molecule has 100 valence electrons. The Bertz CT molecular complexity index is 593. The molecule has 1 nitrogen and oxygen atoms in total. The van der Waals surface area contributed by atoms with Crippen LogP contribution in [0, 0.1) is 13.8 Å². The summed E-state index contributed by atoms with van der Waals surface area (Å²) in [4.78, 5) is 0. The van der Waals surface area contributed by atoms with Crippen molar-refractivity contribution in [3.63, 3.8) is 0 Å². The molecule has 3 heteroatoms. The van der Waals surface area contributed by atoms with E-state index in [1.165, 1.54) is 0 Å². The van der Waals surface area contributed by atoms with Crippen LogP contribution < -0.4 is 5.73 Å². The van der Waals surface area contributed by atoms with E-state index in [0.717, 1.165) is 32.3 Å². The number of nitrogens with two attached hydrogens (primary N) is 1. The highest BCUT2D eigenvalue weighted by atomic mass is 35.5. The minimum absolute atomic E-state index is 0.0988. The van der Waals surface area contributed by atoms with E-state index in [-0.39, 0.29) is 6.04 Å². The molecular weight excluding hydrogens is 277 g/mol. The molecule has 0 heterocycles. The third-order valence-corrected chi connectivity index (χ3v) is 4.03. The largest absolute Gasteiger partial charge is 0.324 e. The van der Waals surface area contributed by atoms with Crippen molar-refractivity contribution >= 4 is 23.2 Å². The third kappa shape index (κ3) is 3.50. The van der Waals surface area contributed by atoms with Gasteiger partial charge >= 0.3 is 0 Å². The van der Waals surface area contributed by atoms with Crippen molar-refractivity contribution in [3.05, 3.63) is 68.7 Å². The zero-order valence-corrected chi connectivity index (χ0v) is 12.6. The van der Waals surface area contributed by atoms with Gasteiger partial charge in [0.25, 0.3) is 0 Å². The molecular formula is C16H17Cl2N. The van der Waals surface area contributed by atoms with Crippen molar-refractivity contribution < 1.29 is 0 Å². The fourth-order valence-corrected chi connectivity index (χ4v) is 2.51. The SMILES string of the molecule is Cc1ccc(CC(N)c2ccc(C)c(Cl)c2)c(Cl)c1. The second-order valence-corrected chi connectivity index (χ2v) is 5.73.